The van der Waals surface area contributed by atoms with Gasteiger partial charge in [0.1, 0.15) is 0 Å². The predicted molar refractivity (Wildman–Crippen MR) is 67.0 cm³/mol. The molecule has 1 fully saturated rings. The normalized spacial score (nSPS) is 21.9. The molecule has 0 aliphatic heterocycles. The lowest BCUT2D eigenvalue weighted by molar-refractivity contribution is 0.0696. The van der Waals surface area contributed by atoms with Crippen LogP contribution in [0.15, 0.2) is 24.3 Å². The summed E-state index contributed by atoms with van der Waals surface area (Å²) in [5, 5.41) is 12.4. The average Bonchev–Trinajstić information content (AvgIpc) is 2.28. The van der Waals surface area contributed by atoms with Gasteiger partial charge in [-0.1, -0.05) is 26.0 Å². The lowest BCUT2D eigenvalue weighted by Crippen LogP contribution is -2.49. The van der Waals surface area contributed by atoms with Gasteiger partial charge >= 0.3 is 5.97 Å². The largest absolute Gasteiger partial charge is 0.478 e. The van der Waals surface area contributed by atoms with Gasteiger partial charge in [-0.2, -0.15) is 0 Å². The van der Waals surface area contributed by atoms with E-state index in [1.165, 1.54) is 12.8 Å². The summed E-state index contributed by atoms with van der Waals surface area (Å²) in [7, 11) is 0. The Morgan fingerprint density at radius 1 is 1.53 bits per heavy atom. The molecule has 17 heavy (non-hydrogen) atoms. The van der Waals surface area contributed by atoms with Crippen LogP contribution in [0.25, 0.3) is 0 Å². The van der Waals surface area contributed by atoms with Crippen molar-refractivity contribution in [3.05, 3.63) is 35.4 Å². The third-order valence-corrected chi connectivity index (χ3v) is 3.75. The molecule has 1 aliphatic rings. The number of hydrogen-bond acceptors (Lipinski definition) is 2. The monoisotopic (exact) mass is 233 g/mol. The van der Waals surface area contributed by atoms with E-state index in [0.717, 1.165) is 12.1 Å². The van der Waals surface area contributed by atoms with Crippen LogP contribution < -0.4 is 5.32 Å². The highest BCUT2D eigenvalue weighted by molar-refractivity contribution is 5.87. The lowest BCUT2D eigenvalue weighted by atomic mass is 9.67. The zero-order chi connectivity index (χ0) is 12.5. The van der Waals surface area contributed by atoms with Gasteiger partial charge < -0.3 is 10.4 Å². The van der Waals surface area contributed by atoms with E-state index in [9.17, 15) is 4.79 Å². The van der Waals surface area contributed by atoms with Gasteiger partial charge in [0.05, 0.1) is 5.56 Å². The molecule has 0 spiro atoms. The summed E-state index contributed by atoms with van der Waals surface area (Å²) in [6.45, 7) is 5.28. The molecule has 2 rings (SSSR count). The maximum absolute atomic E-state index is 10.8. The first-order valence-electron chi connectivity index (χ1n) is 6.05. The summed E-state index contributed by atoms with van der Waals surface area (Å²) < 4.78 is 0. The molecule has 1 atom stereocenters. The lowest BCUT2D eigenvalue weighted by Gasteiger charge is -2.45. The molecule has 0 heterocycles. The van der Waals surface area contributed by atoms with Gasteiger partial charge in [-0.05, 0) is 36.0 Å². The molecule has 0 radical (unpaired) electrons. The molecular formula is C14H19NO2. The molecule has 3 heteroatoms. The first-order chi connectivity index (χ1) is 7.99. The predicted octanol–water partition coefficient (Wildman–Crippen LogP) is 2.66. The third-order valence-electron chi connectivity index (χ3n) is 3.75. The summed E-state index contributed by atoms with van der Waals surface area (Å²) in [6, 6.07) is 7.67. The highest BCUT2D eigenvalue weighted by atomic mass is 16.4. The van der Waals surface area contributed by atoms with Gasteiger partial charge in [0.2, 0.25) is 0 Å². The summed E-state index contributed by atoms with van der Waals surface area (Å²) in [5.74, 6) is -0.865. The molecule has 0 saturated heterocycles. The molecule has 0 aromatic heterocycles. The van der Waals surface area contributed by atoms with Gasteiger partial charge in [0.25, 0.3) is 0 Å². The number of carbonyl (C=O) groups is 1. The third kappa shape index (κ3) is 2.67. The van der Waals surface area contributed by atoms with Gasteiger partial charge in [0, 0.05) is 12.6 Å². The SMILES string of the molecule is CC1(C)CCC1NCc1cccc(C(=O)O)c1. The second kappa shape index (κ2) is 4.49. The standard InChI is InChI=1S/C14H19NO2/c1-14(2)7-6-12(14)15-9-10-4-3-5-11(8-10)13(16)17/h3-5,8,12,15H,6-7,9H2,1-2H3,(H,16,17). The first-order valence-corrected chi connectivity index (χ1v) is 6.05. The van der Waals surface area contributed by atoms with Crippen LogP contribution in [-0.2, 0) is 6.54 Å². The maximum Gasteiger partial charge on any atom is 0.335 e. The van der Waals surface area contributed by atoms with E-state index in [2.05, 4.69) is 19.2 Å². The average molecular weight is 233 g/mol. The van der Waals surface area contributed by atoms with Crippen molar-refractivity contribution in [1.29, 1.82) is 0 Å². The Hall–Kier alpha value is -1.35. The van der Waals surface area contributed by atoms with Crippen LogP contribution >= 0.6 is 0 Å². The van der Waals surface area contributed by atoms with Gasteiger partial charge in [-0.3, -0.25) is 0 Å². The van der Waals surface area contributed by atoms with Crippen molar-refractivity contribution in [2.45, 2.75) is 39.3 Å². The fourth-order valence-corrected chi connectivity index (χ4v) is 2.30. The Morgan fingerprint density at radius 3 is 2.82 bits per heavy atom. The zero-order valence-electron chi connectivity index (χ0n) is 10.4. The molecule has 3 nitrogen and oxygen atoms in total. The molecule has 1 unspecified atom stereocenters. The Balaban J connectivity index is 1.95. The fourth-order valence-electron chi connectivity index (χ4n) is 2.30. The van der Waals surface area contributed by atoms with Crippen LogP contribution in [0.1, 0.15) is 42.6 Å². The first kappa shape index (κ1) is 12.1. The number of aromatic carboxylic acids is 1. The molecule has 92 valence electrons. The van der Waals surface area contributed by atoms with Crippen molar-refractivity contribution in [3.8, 4) is 0 Å². The van der Waals surface area contributed by atoms with E-state index >= 15 is 0 Å². The van der Waals surface area contributed by atoms with Crippen LogP contribution in [0.2, 0.25) is 0 Å². The minimum Gasteiger partial charge on any atom is -0.478 e. The van der Waals surface area contributed by atoms with Crippen molar-refractivity contribution < 1.29 is 9.90 Å². The topological polar surface area (TPSA) is 49.3 Å². The molecular weight excluding hydrogens is 214 g/mol. The number of rotatable bonds is 4. The van der Waals surface area contributed by atoms with Gasteiger partial charge in [0.15, 0.2) is 0 Å². The highest BCUT2D eigenvalue weighted by Gasteiger charge is 2.37. The molecule has 0 amide bonds. The van der Waals surface area contributed by atoms with Crippen molar-refractivity contribution in [2.24, 2.45) is 5.41 Å². The van der Waals surface area contributed by atoms with Crippen LogP contribution in [0.3, 0.4) is 0 Å². The molecule has 1 aromatic carbocycles. The quantitative estimate of drug-likeness (QED) is 0.840. The summed E-state index contributed by atoms with van der Waals surface area (Å²) >= 11 is 0. The second-order valence-electron chi connectivity index (χ2n) is 5.47. The van der Waals surface area contributed by atoms with Crippen LogP contribution in [0, 0.1) is 5.41 Å². The summed E-state index contributed by atoms with van der Waals surface area (Å²) in [4.78, 5) is 10.8. The Labute approximate surface area is 102 Å². The molecule has 1 aromatic rings. The molecule has 2 N–H and O–H groups in total. The van der Waals surface area contributed by atoms with E-state index in [1.54, 1.807) is 18.2 Å². The number of hydrogen-bond donors (Lipinski definition) is 2. The summed E-state index contributed by atoms with van der Waals surface area (Å²) in [5.41, 5.74) is 1.77. The zero-order valence-corrected chi connectivity index (χ0v) is 10.4. The molecule has 0 bridgehead atoms. The van der Waals surface area contributed by atoms with Gasteiger partial charge in [-0.25, -0.2) is 4.79 Å². The second-order valence-corrected chi connectivity index (χ2v) is 5.47. The molecule has 1 aliphatic carbocycles. The van der Waals surface area contributed by atoms with E-state index in [0.29, 0.717) is 17.0 Å². The van der Waals surface area contributed by atoms with Gasteiger partial charge in [-0.15, -0.1) is 0 Å². The number of carboxylic acids is 1. The minimum atomic E-state index is -0.865. The van der Waals surface area contributed by atoms with Crippen LogP contribution in [-0.4, -0.2) is 17.1 Å². The Kier molecular flexibility index (Phi) is 3.20. The number of nitrogens with one attached hydrogen (secondary N) is 1. The Morgan fingerprint density at radius 2 is 2.29 bits per heavy atom. The summed E-state index contributed by atoms with van der Waals surface area (Å²) in [6.07, 6.45) is 2.48. The minimum absolute atomic E-state index is 0.358. The van der Waals surface area contributed by atoms with Crippen molar-refractivity contribution in [1.82, 2.24) is 5.32 Å². The van der Waals surface area contributed by atoms with Crippen molar-refractivity contribution in [3.63, 3.8) is 0 Å². The highest BCUT2D eigenvalue weighted by Crippen LogP contribution is 2.39. The van der Waals surface area contributed by atoms with E-state index in [1.807, 2.05) is 6.07 Å². The van der Waals surface area contributed by atoms with Crippen LogP contribution in [0.4, 0.5) is 0 Å². The molecule has 1 saturated carbocycles. The van der Waals surface area contributed by atoms with Crippen molar-refractivity contribution >= 4 is 5.97 Å². The van der Waals surface area contributed by atoms with Crippen molar-refractivity contribution in [2.75, 3.05) is 0 Å². The van der Waals surface area contributed by atoms with E-state index in [4.69, 9.17) is 5.11 Å². The van der Waals surface area contributed by atoms with E-state index in [-0.39, 0.29) is 0 Å². The maximum atomic E-state index is 10.8. The number of carboxylic acid groups (broad SMARTS) is 1. The van der Waals surface area contributed by atoms with Crippen LogP contribution in [0.5, 0.6) is 0 Å². The Bertz CT molecular complexity index is 426. The smallest absolute Gasteiger partial charge is 0.335 e. The van der Waals surface area contributed by atoms with E-state index < -0.39 is 5.97 Å². The number of benzene rings is 1. The fraction of sp³-hybridized carbons (Fsp3) is 0.500.